The standard InChI is InChI=1S/C31H24N6O9/c32-25-22-26(35-31(34-25)37(41)42)36(17-33-22)27-24(46-30(40)20-14-8-3-9-15-20)23(45-29(39)19-12-6-2-7-13-19)21(44-27)16-43-28(38)18-10-4-1-5-11-18/h1-15,17,21,23-24,27H,16H2,(H2,32,34,35)/t21-,23-,24+,27-/m1/s1. The number of ether oxygens (including phenoxy) is 4. The predicted octanol–water partition coefficient (Wildman–Crippen LogP) is 3.52. The summed E-state index contributed by atoms with van der Waals surface area (Å²) in [6, 6.07) is 24.3. The normalized spacial score (nSPS) is 19.0. The van der Waals surface area contributed by atoms with Gasteiger partial charge in [0.05, 0.1) is 16.7 Å². The molecule has 0 unspecified atom stereocenters. The number of hydrogen-bond donors (Lipinski definition) is 1. The van der Waals surface area contributed by atoms with E-state index in [0.29, 0.717) is 0 Å². The van der Waals surface area contributed by atoms with Crippen LogP contribution in [0.25, 0.3) is 11.2 Å². The van der Waals surface area contributed by atoms with Gasteiger partial charge in [-0.15, -0.1) is 0 Å². The third kappa shape index (κ3) is 6.07. The fourth-order valence-corrected chi connectivity index (χ4v) is 4.88. The lowest BCUT2D eigenvalue weighted by atomic mass is 10.1. The minimum Gasteiger partial charge on any atom is -0.459 e. The van der Waals surface area contributed by atoms with Crippen LogP contribution < -0.4 is 5.73 Å². The Kier molecular flexibility index (Phi) is 8.30. The van der Waals surface area contributed by atoms with Crippen molar-refractivity contribution in [3.8, 4) is 0 Å². The molecule has 5 aromatic rings. The molecule has 1 saturated heterocycles. The van der Waals surface area contributed by atoms with E-state index in [4.69, 9.17) is 24.7 Å². The van der Waals surface area contributed by atoms with Crippen LogP contribution in [0.2, 0.25) is 0 Å². The van der Waals surface area contributed by atoms with Gasteiger partial charge in [0, 0.05) is 0 Å². The Morgan fingerprint density at radius 1 is 0.804 bits per heavy atom. The van der Waals surface area contributed by atoms with Gasteiger partial charge in [0.2, 0.25) is 11.5 Å². The number of nitrogen functional groups attached to an aromatic ring is 1. The van der Waals surface area contributed by atoms with Crippen molar-refractivity contribution in [2.45, 2.75) is 24.5 Å². The molecule has 0 spiro atoms. The lowest BCUT2D eigenvalue weighted by Gasteiger charge is -2.24. The SMILES string of the molecule is Nc1nc([N+](=O)[O-])nc2c1ncn2[C@@H]1O[C@H](COC(=O)c2ccccc2)[C@@H](OC(=O)c2ccccc2)[C@@H]1OC(=O)c1ccccc1. The van der Waals surface area contributed by atoms with E-state index in [9.17, 15) is 24.5 Å². The number of nitrogens with two attached hydrogens (primary N) is 1. The number of nitro groups is 1. The van der Waals surface area contributed by atoms with Crippen molar-refractivity contribution < 1.29 is 38.3 Å². The van der Waals surface area contributed by atoms with E-state index in [0.717, 1.165) is 0 Å². The van der Waals surface area contributed by atoms with Crippen molar-refractivity contribution in [1.82, 2.24) is 19.5 Å². The Hall–Kier alpha value is -6.22. The molecule has 0 aliphatic carbocycles. The first-order chi connectivity index (χ1) is 22.3. The molecule has 2 N–H and O–H groups in total. The summed E-state index contributed by atoms with van der Waals surface area (Å²) in [5, 5.41) is 11.5. The summed E-state index contributed by atoms with van der Waals surface area (Å²) < 4.78 is 24.9. The first kappa shape index (κ1) is 29.8. The van der Waals surface area contributed by atoms with Crippen LogP contribution in [-0.2, 0) is 18.9 Å². The molecule has 6 rings (SSSR count). The number of nitrogens with zero attached hydrogens (tertiary/aromatic N) is 5. The van der Waals surface area contributed by atoms with Gasteiger partial charge >= 0.3 is 23.9 Å². The largest absolute Gasteiger partial charge is 0.473 e. The number of rotatable bonds is 9. The molecule has 3 aromatic carbocycles. The highest BCUT2D eigenvalue weighted by Crippen LogP contribution is 2.37. The Morgan fingerprint density at radius 2 is 1.33 bits per heavy atom. The van der Waals surface area contributed by atoms with Gasteiger partial charge < -0.3 is 34.8 Å². The lowest BCUT2D eigenvalue weighted by molar-refractivity contribution is -0.394. The van der Waals surface area contributed by atoms with Crippen molar-refractivity contribution in [2.24, 2.45) is 0 Å². The van der Waals surface area contributed by atoms with Gasteiger partial charge in [-0.2, -0.15) is 0 Å². The highest BCUT2D eigenvalue weighted by Gasteiger charge is 2.52. The van der Waals surface area contributed by atoms with Gasteiger partial charge in [-0.05, 0) is 51.3 Å². The average molecular weight is 625 g/mol. The molecule has 15 heteroatoms. The van der Waals surface area contributed by atoms with Crippen molar-refractivity contribution in [2.75, 3.05) is 12.3 Å². The molecule has 15 nitrogen and oxygen atoms in total. The zero-order chi connectivity index (χ0) is 32.2. The highest BCUT2D eigenvalue weighted by atomic mass is 16.7. The van der Waals surface area contributed by atoms with E-state index in [1.54, 1.807) is 66.7 Å². The van der Waals surface area contributed by atoms with E-state index in [1.807, 2.05) is 0 Å². The van der Waals surface area contributed by atoms with Crippen LogP contribution >= 0.6 is 0 Å². The first-order valence-corrected chi connectivity index (χ1v) is 13.8. The molecular formula is C31H24N6O9. The van der Waals surface area contributed by atoms with E-state index in [-0.39, 0.29) is 33.7 Å². The van der Waals surface area contributed by atoms with Crippen LogP contribution in [0.3, 0.4) is 0 Å². The van der Waals surface area contributed by atoms with Crippen molar-refractivity contribution in [1.29, 1.82) is 0 Å². The second-order valence-corrected chi connectivity index (χ2v) is 9.99. The van der Waals surface area contributed by atoms with Crippen molar-refractivity contribution in [3.63, 3.8) is 0 Å². The fraction of sp³-hybridized carbons (Fsp3) is 0.161. The Balaban J connectivity index is 1.41. The Morgan fingerprint density at radius 3 is 1.87 bits per heavy atom. The molecule has 0 amide bonds. The number of fused-ring (bicyclic) bond motifs is 1. The number of esters is 3. The van der Waals surface area contributed by atoms with E-state index in [2.05, 4.69) is 15.0 Å². The van der Waals surface area contributed by atoms with Crippen LogP contribution in [0.4, 0.5) is 11.8 Å². The molecule has 1 aliphatic rings. The quantitative estimate of drug-likeness (QED) is 0.108. The molecule has 0 bridgehead atoms. The average Bonchev–Trinajstić information content (AvgIpc) is 3.66. The second kappa shape index (κ2) is 12.8. The number of hydrogen-bond acceptors (Lipinski definition) is 13. The molecule has 4 atom stereocenters. The Labute approximate surface area is 259 Å². The summed E-state index contributed by atoms with van der Waals surface area (Å²) in [5.74, 6) is -3.31. The van der Waals surface area contributed by atoms with E-state index < -0.39 is 59.9 Å². The van der Waals surface area contributed by atoms with E-state index >= 15 is 0 Å². The first-order valence-electron chi connectivity index (χ1n) is 13.8. The van der Waals surface area contributed by atoms with Crippen LogP contribution in [-0.4, -0.2) is 67.3 Å². The molecule has 232 valence electrons. The zero-order valence-corrected chi connectivity index (χ0v) is 23.7. The number of anilines is 1. The van der Waals surface area contributed by atoms with Gasteiger partial charge in [-0.1, -0.05) is 54.6 Å². The van der Waals surface area contributed by atoms with Gasteiger partial charge in [0.15, 0.2) is 24.0 Å². The van der Waals surface area contributed by atoms with Crippen LogP contribution in [0.1, 0.15) is 37.3 Å². The second-order valence-electron chi connectivity index (χ2n) is 9.99. The third-order valence-electron chi connectivity index (χ3n) is 7.05. The highest BCUT2D eigenvalue weighted by molar-refractivity contribution is 5.91. The number of aromatic nitrogens is 4. The Bertz CT molecular complexity index is 1900. The number of imidazole rings is 1. The predicted molar refractivity (Wildman–Crippen MR) is 158 cm³/mol. The third-order valence-corrected chi connectivity index (χ3v) is 7.05. The number of benzene rings is 3. The van der Waals surface area contributed by atoms with Gasteiger partial charge in [-0.25, -0.2) is 19.4 Å². The van der Waals surface area contributed by atoms with Crippen molar-refractivity contribution in [3.05, 3.63) is 124 Å². The molecular weight excluding hydrogens is 600 g/mol. The maximum absolute atomic E-state index is 13.4. The summed E-state index contributed by atoms with van der Waals surface area (Å²) in [7, 11) is 0. The maximum atomic E-state index is 13.4. The van der Waals surface area contributed by atoms with Crippen LogP contribution in [0.15, 0.2) is 97.3 Å². The topological polar surface area (TPSA) is 201 Å². The minimum atomic E-state index is -1.39. The molecule has 3 heterocycles. The van der Waals surface area contributed by atoms with E-state index in [1.165, 1.54) is 35.2 Å². The summed E-state index contributed by atoms with van der Waals surface area (Å²) in [4.78, 5) is 62.1. The molecule has 0 saturated carbocycles. The summed E-state index contributed by atoms with van der Waals surface area (Å²) >= 11 is 0. The van der Waals surface area contributed by atoms with Crippen LogP contribution in [0, 0.1) is 10.1 Å². The van der Waals surface area contributed by atoms with Gasteiger partial charge in [0.1, 0.15) is 19.0 Å². The van der Waals surface area contributed by atoms with Gasteiger partial charge in [-0.3, -0.25) is 4.57 Å². The molecule has 46 heavy (non-hydrogen) atoms. The van der Waals surface area contributed by atoms with Crippen molar-refractivity contribution >= 4 is 40.8 Å². The lowest BCUT2D eigenvalue weighted by Crippen LogP contribution is -2.41. The molecule has 1 aliphatic heterocycles. The number of carbonyl (C=O) groups is 3. The minimum absolute atomic E-state index is 0.0131. The summed E-state index contributed by atoms with van der Waals surface area (Å²) in [6.45, 7) is -0.430. The molecule has 1 fully saturated rings. The van der Waals surface area contributed by atoms with Crippen LogP contribution in [0.5, 0.6) is 0 Å². The summed E-state index contributed by atoms with van der Waals surface area (Å²) in [5.41, 5.74) is 6.49. The van der Waals surface area contributed by atoms with Gasteiger partial charge in [0.25, 0.3) is 0 Å². The number of carbonyl (C=O) groups excluding carboxylic acids is 3. The zero-order valence-electron chi connectivity index (χ0n) is 23.7. The fourth-order valence-electron chi connectivity index (χ4n) is 4.88. The monoisotopic (exact) mass is 624 g/mol. The molecule has 0 radical (unpaired) electrons. The summed E-state index contributed by atoms with van der Waals surface area (Å²) in [6.07, 6.45) is -4.04. The molecule has 2 aromatic heterocycles. The maximum Gasteiger partial charge on any atom is 0.473 e. The smallest absolute Gasteiger partial charge is 0.459 e.